The van der Waals surface area contributed by atoms with Crippen molar-refractivity contribution in [3.63, 3.8) is 0 Å². The van der Waals surface area contributed by atoms with Crippen molar-refractivity contribution in [2.75, 3.05) is 39.6 Å². The molecule has 0 aliphatic rings. The molecule has 3 N–H and O–H groups in total. The van der Waals surface area contributed by atoms with Crippen LogP contribution in [0.1, 0.15) is 272 Å². The molecule has 0 heterocycles. The fraction of sp³-hybridized carbons (Fsp3) is 0.600. The monoisotopic (exact) mass is 1490 g/mol. The smallest absolute Gasteiger partial charge is 0.462 e. The molecule has 0 fully saturated rings. The first kappa shape index (κ1) is 98.2. The molecular formula is C85H136O17P2. The minimum atomic E-state index is -5.02. The van der Waals surface area contributed by atoms with E-state index >= 15 is 0 Å². The fourth-order valence-corrected chi connectivity index (χ4v) is 11.1. The van der Waals surface area contributed by atoms with Crippen LogP contribution in [-0.2, 0) is 65.4 Å². The maximum absolute atomic E-state index is 13.1. The van der Waals surface area contributed by atoms with Crippen LogP contribution in [0.4, 0.5) is 0 Å². The number of aliphatic hydroxyl groups excluding tert-OH is 1. The minimum Gasteiger partial charge on any atom is -0.462 e. The van der Waals surface area contributed by atoms with Gasteiger partial charge in [-0.15, -0.1) is 0 Å². The summed E-state index contributed by atoms with van der Waals surface area (Å²) in [5, 5.41) is 10.6. The molecular weight excluding hydrogens is 1350 g/mol. The third-order valence-corrected chi connectivity index (χ3v) is 17.3. The van der Waals surface area contributed by atoms with Crippen LogP contribution >= 0.6 is 15.6 Å². The number of hydrogen-bond donors (Lipinski definition) is 3. The van der Waals surface area contributed by atoms with E-state index in [4.69, 9.17) is 37.0 Å². The summed E-state index contributed by atoms with van der Waals surface area (Å²) in [6.45, 7) is 4.30. The summed E-state index contributed by atoms with van der Waals surface area (Å²) in [4.78, 5) is 72.9. The van der Waals surface area contributed by atoms with E-state index < -0.39 is 97.5 Å². The van der Waals surface area contributed by atoms with Crippen LogP contribution in [0.5, 0.6) is 0 Å². The van der Waals surface area contributed by atoms with E-state index in [1.54, 1.807) is 0 Å². The molecule has 0 amide bonds. The van der Waals surface area contributed by atoms with Gasteiger partial charge in [0.25, 0.3) is 0 Å². The van der Waals surface area contributed by atoms with Crippen LogP contribution < -0.4 is 0 Å². The predicted octanol–water partition coefficient (Wildman–Crippen LogP) is 22.8. The molecule has 0 aromatic rings. The Morgan fingerprint density at radius 1 is 0.279 bits per heavy atom. The van der Waals surface area contributed by atoms with Gasteiger partial charge < -0.3 is 33.8 Å². The SMILES string of the molecule is CC/C=C\C/C=C\C/C=C\C/C=C\C/C=C\C/C=C\CCC(=O)OCC(COP(=O)(O)OCC(O)COP(=O)(O)OCC(COC(=O)CCCC/C=C\C/C=C\C/C=C\C/C=C\CC)OC(=O)CCCCCCC/C=C\CCCCCCCC)OC(=O)CCCC/C=C\C/C=C\C/C=C\C/C=C\CC. The highest BCUT2D eigenvalue weighted by atomic mass is 31.2. The van der Waals surface area contributed by atoms with Gasteiger partial charge >= 0.3 is 39.5 Å². The van der Waals surface area contributed by atoms with Crippen molar-refractivity contribution >= 4 is 39.5 Å². The van der Waals surface area contributed by atoms with Crippen molar-refractivity contribution in [3.05, 3.63) is 182 Å². The Morgan fingerprint density at radius 2 is 0.519 bits per heavy atom. The first-order valence-electron chi connectivity index (χ1n) is 39.0. The number of rotatable bonds is 71. The number of unbranched alkanes of at least 4 members (excludes halogenated alkanes) is 15. The van der Waals surface area contributed by atoms with Gasteiger partial charge in [-0.1, -0.05) is 261 Å². The molecule has 104 heavy (non-hydrogen) atoms. The van der Waals surface area contributed by atoms with Gasteiger partial charge in [-0.2, -0.15) is 0 Å². The molecule has 0 aliphatic carbocycles. The van der Waals surface area contributed by atoms with Crippen LogP contribution in [0.2, 0.25) is 0 Å². The van der Waals surface area contributed by atoms with Gasteiger partial charge in [-0.3, -0.25) is 37.3 Å². The Kier molecular flexibility index (Phi) is 71.2. The van der Waals surface area contributed by atoms with Crippen molar-refractivity contribution in [2.45, 2.75) is 290 Å². The minimum absolute atomic E-state index is 0.0184. The van der Waals surface area contributed by atoms with Gasteiger partial charge in [0.2, 0.25) is 0 Å². The molecule has 0 aromatic heterocycles. The molecule has 0 spiro atoms. The topological polar surface area (TPSA) is 237 Å². The second-order valence-corrected chi connectivity index (χ2v) is 28.1. The molecule has 5 unspecified atom stereocenters. The number of esters is 4. The molecule has 17 nitrogen and oxygen atoms in total. The molecule has 19 heteroatoms. The first-order valence-corrected chi connectivity index (χ1v) is 42.0. The highest BCUT2D eigenvalue weighted by Gasteiger charge is 2.30. The van der Waals surface area contributed by atoms with E-state index in [-0.39, 0.29) is 25.7 Å². The van der Waals surface area contributed by atoms with Gasteiger partial charge in [0.1, 0.15) is 19.3 Å². The molecule has 0 radical (unpaired) electrons. The summed E-state index contributed by atoms with van der Waals surface area (Å²) in [5.41, 5.74) is 0. The summed E-state index contributed by atoms with van der Waals surface area (Å²) in [5.74, 6) is -2.40. The lowest BCUT2D eigenvalue weighted by molar-refractivity contribution is -0.161. The number of hydrogen-bond acceptors (Lipinski definition) is 15. The number of phosphoric acid groups is 2. The third kappa shape index (κ3) is 74.4. The largest absolute Gasteiger partial charge is 0.472 e. The van der Waals surface area contributed by atoms with Gasteiger partial charge in [-0.05, 0) is 167 Å². The Morgan fingerprint density at radius 3 is 0.856 bits per heavy atom. The summed E-state index contributed by atoms with van der Waals surface area (Å²) in [7, 11) is -10.0. The number of carbonyl (C=O) groups is 4. The maximum atomic E-state index is 13.1. The molecule has 0 saturated heterocycles. The fourth-order valence-electron chi connectivity index (χ4n) is 9.51. The van der Waals surface area contributed by atoms with Gasteiger partial charge in [0.05, 0.1) is 26.4 Å². The van der Waals surface area contributed by atoms with Crippen LogP contribution in [0.25, 0.3) is 0 Å². The second kappa shape index (κ2) is 75.4. The average molecular weight is 1490 g/mol. The van der Waals surface area contributed by atoms with E-state index in [9.17, 15) is 43.2 Å². The predicted molar refractivity (Wildman–Crippen MR) is 426 cm³/mol. The Labute approximate surface area is 628 Å². The lowest BCUT2D eigenvalue weighted by Gasteiger charge is -2.21. The molecule has 588 valence electrons. The standard InChI is InChI=1S/C85H136O17P2/c1-5-9-13-17-21-25-29-33-37-38-39-40-44-46-50-54-58-62-66-70-83(88)96-76-81(102-85(90)72-68-64-60-56-52-48-43-36-32-28-24-20-16-12-8-4)78-100-104(93,94)98-74-79(86)73-97-103(91,92)99-77-80(101-84(89)71-67-63-59-55-51-47-42-35-31-27-23-19-15-11-7-3)75-95-82(87)69-65-61-57-53-49-45-41-34-30-26-22-18-14-10-6-2/h9-10,12-14,16,21-22,24-26,28,33-37,39-43,46,49-50,52-53,56,58,62,79-81,86H,5-8,11,15,17-20,23,27,29-32,38,44-45,47-48,51,54-55,57,59-61,63-78H2,1-4H3,(H,91,92)(H,93,94)/b13-9-,14-10-,16-12-,25-21-,26-22-,28-24-,37-33-,40-39-,41-34-,42-35-,43-36-,50-46-,53-49-,56-52-,62-58-. The molecule has 0 aliphatic heterocycles. The zero-order valence-electron chi connectivity index (χ0n) is 64.1. The van der Waals surface area contributed by atoms with E-state index in [1.807, 2.05) is 24.3 Å². The van der Waals surface area contributed by atoms with Crippen LogP contribution in [0, 0.1) is 0 Å². The molecule has 0 bridgehead atoms. The van der Waals surface area contributed by atoms with Crippen LogP contribution in [0.3, 0.4) is 0 Å². The first-order chi connectivity index (χ1) is 50.7. The Balaban J connectivity index is 5.52. The average Bonchev–Trinajstić information content (AvgIpc) is 0.918. The summed E-state index contributed by atoms with van der Waals surface area (Å²) < 4.78 is 68.4. The Hall–Kier alpha value is -5.84. The highest BCUT2D eigenvalue weighted by Crippen LogP contribution is 2.45. The lowest BCUT2D eigenvalue weighted by Crippen LogP contribution is -2.30. The van der Waals surface area contributed by atoms with E-state index in [0.29, 0.717) is 38.5 Å². The summed E-state index contributed by atoms with van der Waals surface area (Å²) in [6.07, 6.45) is 90.5. The van der Waals surface area contributed by atoms with Gasteiger partial charge in [0.15, 0.2) is 12.2 Å². The van der Waals surface area contributed by atoms with Crippen LogP contribution in [0.15, 0.2) is 182 Å². The van der Waals surface area contributed by atoms with Gasteiger partial charge in [-0.25, -0.2) is 9.13 Å². The maximum Gasteiger partial charge on any atom is 0.472 e. The van der Waals surface area contributed by atoms with E-state index in [2.05, 4.69) is 186 Å². The number of phosphoric ester groups is 2. The summed E-state index contributed by atoms with van der Waals surface area (Å²) >= 11 is 0. The van der Waals surface area contributed by atoms with Gasteiger partial charge in [0, 0.05) is 25.7 Å². The molecule has 0 rings (SSSR count). The molecule has 0 aromatic carbocycles. The van der Waals surface area contributed by atoms with Crippen LogP contribution in [-0.4, -0.2) is 96.7 Å². The lowest BCUT2D eigenvalue weighted by atomic mass is 10.1. The number of allylic oxidation sites excluding steroid dienone is 30. The normalized spacial score (nSPS) is 14.9. The quantitative estimate of drug-likeness (QED) is 0.0169. The van der Waals surface area contributed by atoms with Crippen molar-refractivity contribution in [1.82, 2.24) is 0 Å². The Bertz CT molecular complexity index is 2690. The highest BCUT2D eigenvalue weighted by molar-refractivity contribution is 7.47. The molecule has 0 saturated carbocycles. The second-order valence-electron chi connectivity index (χ2n) is 25.1. The van der Waals surface area contributed by atoms with Crippen molar-refractivity contribution < 1.29 is 80.2 Å². The summed E-state index contributed by atoms with van der Waals surface area (Å²) in [6, 6.07) is 0. The third-order valence-electron chi connectivity index (χ3n) is 15.4. The zero-order valence-corrected chi connectivity index (χ0v) is 65.9. The van der Waals surface area contributed by atoms with Crippen molar-refractivity contribution in [2.24, 2.45) is 0 Å². The number of ether oxygens (including phenoxy) is 4. The van der Waals surface area contributed by atoms with Crippen molar-refractivity contribution in [3.8, 4) is 0 Å². The van der Waals surface area contributed by atoms with E-state index in [0.717, 1.165) is 141 Å². The number of carbonyl (C=O) groups excluding carboxylic acids is 4. The number of aliphatic hydroxyl groups is 1. The zero-order chi connectivity index (χ0) is 76.0. The molecule has 5 atom stereocenters. The van der Waals surface area contributed by atoms with E-state index in [1.165, 1.54) is 38.5 Å². The van der Waals surface area contributed by atoms with Crippen molar-refractivity contribution in [1.29, 1.82) is 0 Å².